The summed E-state index contributed by atoms with van der Waals surface area (Å²) in [4.78, 5) is 14.6. The molecule has 0 aliphatic heterocycles. The average Bonchev–Trinajstić information content (AvgIpc) is 3.49. The molecule has 0 unspecified atom stereocenters. The molecule has 0 spiro atoms. The normalized spacial score (nSPS) is 11.2. The number of hydrogen-bond donors (Lipinski definition) is 1. The van der Waals surface area contributed by atoms with Gasteiger partial charge >= 0.3 is 6.03 Å². The number of furan rings is 2. The predicted octanol–water partition coefficient (Wildman–Crippen LogP) is 8.31. The van der Waals surface area contributed by atoms with E-state index in [0.29, 0.717) is 34.3 Å². The number of nitrogens with zero attached hydrogens (tertiary/aromatic N) is 1. The minimum absolute atomic E-state index is 0.0284. The number of carbonyl (C=O) groups excluding carboxylic acids is 1. The van der Waals surface area contributed by atoms with Gasteiger partial charge in [-0.1, -0.05) is 35.4 Å². The van der Waals surface area contributed by atoms with Gasteiger partial charge < -0.3 is 19.1 Å². The molecule has 2 aromatic heterocycles. The average molecular weight is 525 g/mol. The van der Waals surface area contributed by atoms with Gasteiger partial charge in [-0.25, -0.2) is 18.0 Å². The largest absolute Gasteiger partial charge is 0.467 e. The molecule has 188 valence electrons. The lowest BCUT2D eigenvalue weighted by molar-refractivity contribution is 0.196. The molecule has 0 saturated carbocycles. The van der Waals surface area contributed by atoms with Crippen LogP contribution in [0.5, 0.6) is 0 Å². The summed E-state index contributed by atoms with van der Waals surface area (Å²) in [7, 11) is 0. The molecule has 5 nitrogen and oxygen atoms in total. The number of benzene rings is 3. The maximum atomic E-state index is 14.3. The van der Waals surface area contributed by atoms with Crippen LogP contribution in [-0.4, -0.2) is 10.9 Å². The Morgan fingerprint density at radius 2 is 1.70 bits per heavy atom. The summed E-state index contributed by atoms with van der Waals surface area (Å²) in [6.07, 6.45) is 1.45. The number of halogens is 4. The molecule has 9 heteroatoms. The fourth-order valence-electron chi connectivity index (χ4n) is 4.12. The Bertz CT molecular complexity index is 1560. The predicted molar refractivity (Wildman–Crippen MR) is 135 cm³/mol. The summed E-state index contributed by atoms with van der Waals surface area (Å²) in [6, 6.07) is 16.4. The summed E-state index contributed by atoms with van der Waals surface area (Å²) in [5, 5.41) is 3.62. The Balaban J connectivity index is 1.56. The zero-order chi connectivity index (χ0) is 26.1. The summed E-state index contributed by atoms with van der Waals surface area (Å²) < 4.78 is 53.5. The third-order valence-corrected chi connectivity index (χ3v) is 6.09. The topological polar surface area (TPSA) is 58.6 Å². The third-order valence-electron chi connectivity index (χ3n) is 5.84. The number of amides is 2. The van der Waals surface area contributed by atoms with E-state index >= 15 is 0 Å². The van der Waals surface area contributed by atoms with Crippen LogP contribution < -0.4 is 5.32 Å². The van der Waals surface area contributed by atoms with Crippen LogP contribution in [0.4, 0.5) is 23.7 Å². The molecule has 0 atom stereocenters. The summed E-state index contributed by atoms with van der Waals surface area (Å²) in [6.45, 7) is 1.86. The summed E-state index contributed by atoms with van der Waals surface area (Å²) in [5.41, 5.74) is 2.44. The maximum Gasteiger partial charge on any atom is 0.322 e. The first-order valence-electron chi connectivity index (χ1n) is 11.3. The fraction of sp³-hybridized carbons (Fsp3) is 0.107. The Morgan fingerprint density at radius 1 is 0.973 bits per heavy atom. The van der Waals surface area contributed by atoms with Gasteiger partial charge in [-0.3, -0.25) is 0 Å². The Morgan fingerprint density at radius 3 is 2.38 bits per heavy atom. The van der Waals surface area contributed by atoms with Gasteiger partial charge in [-0.05, 0) is 48.9 Å². The minimum atomic E-state index is -1.23. The second kappa shape index (κ2) is 10.1. The van der Waals surface area contributed by atoms with Gasteiger partial charge in [-0.2, -0.15) is 0 Å². The second-order valence-electron chi connectivity index (χ2n) is 8.52. The molecule has 5 aromatic rings. The number of rotatable bonds is 6. The molecule has 0 bridgehead atoms. The first-order chi connectivity index (χ1) is 17.8. The highest BCUT2D eigenvalue weighted by Crippen LogP contribution is 2.37. The quantitative estimate of drug-likeness (QED) is 0.243. The molecule has 0 fully saturated rings. The van der Waals surface area contributed by atoms with E-state index in [1.54, 1.807) is 24.3 Å². The Labute approximate surface area is 215 Å². The molecule has 1 N–H and O–H groups in total. The van der Waals surface area contributed by atoms with Crippen LogP contribution >= 0.6 is 11.6 Å². The molecule has 2 amide bonds. The first kappa shape index (κ1) is 24.5. The molecular formula is C28H20ClF3N2O3. The van der Waals surface area contributed by atoms with E-state index in [0.717, 1.165) is 22.1 Å². The van der Waals surface area contributed by atoms with Crippen molar-refractivity contribution < 1.29 is 26.8 Å². The van der Waals surface area contributed by atoms with Crippen molar-refractivity contribution in [3.8, 4) is 11.1 Å². The number of fused-ring (bicyclic) bond motifs is 1. The van der Waals surface area contributed by atoms with E-state index in [1.165, 1.54) is 11.2 Å². The van der Waals surface area contributed by atoms with Crippen molar-refractivity contribution in [2.24, 2.45) is 0 Å². The SMILES string of the molecule is Cc1ccc2oc(CN(Cc3ccco3)C(=O)Nc3c(F)cc(F)cc3F)c(-c3ccc(Cl)cc3)c2c1. The number of anilines is 1. The van der Waals surface area contributed by atoms with Crippen LogP contribution in [0.25, 0.3) is 22.1 Å². The first-order valence-corrected chi connectivity index (χ1v) is 11.7. The van der Waals surface area contributed by atoms with Gasteiger partial charge in [0.15, 0.2) is 11.6 Å². The van der Waals surface area contributed by atoms with Crippen molar-refractivity contribution in [3.05, 3.63) is 113 Å². The van der Waals surface area contributed by atoms with Crippen molar-refractivity contribution in [2.75, 3.05) is 5.32 Å². The van der Waals surface area contributed by atoms with Crippen LogP contribution in [0.1, 0.15) is 17.1 Å². The van der Waals surface area contributed by atoms with Crippen LogP contribution in [0, 0.1) is 24.4 Å². The van der Waals surface area contributed by atoms with E-state index in [4.69, 9.17) is 20.4 Å². The second-order valence-corrected chi connectivity index (χ2v) is 8.95. The van der Waals surface area contributed by atoms with Crippen LogP contribution in [0.2, 0.25) is 5.02 Å². The molecule has 5 rings (SSSR count). The highest BCUT2D eigenvalue weighted by atomic mass is 35.5. The van der Waals surface area contributed by atoms with E-state index in [2.05, 4.69) is 5.32 Å². The van der Waals surface area contributed by atoms with E-state index in [1.807, 2.05) is 37.3 Å². The molecule has 0 saturated heterocycles. The van der Waals surface area contributed by atoms with Gasteiger partial charge in [0, 0.05) is 28.1 Å². The van der Waals surface area contributed by atoms with Gasteiger partial charge in [0.1, 0.15) is 28.6 Å². The molecule has 37 heavy (non-hydrogen) atoms. The molecule has 2 heterocycles. The van der Waals surface area contributed by atoms with Crippen molar-refractivity contribution in [3.63, 3.8) is 0 Å². The van der Waals surface area contributed by atoms with Crippen molar-refractivity contribution in [1.82, 2.24) is 4.90 Å². The van der Waals surface area contributed by atoms with Crippen molar-refractivity contribution >= 4 is 34.3 Å². The summed E-state index contributed by atoms with van der Waals surface area (Å²) in [5.74, 6) is -2.67. The summed E-state index contributed by atoms with van der Waals surface area (Å²) >= 11 is 6.09. The zero-order valence-electron chi connectivity index (χ0n) is 19.5. The van der Waals surface area contributed by atoms with Crippen molar-refractivity contribution in [1.29, 1.82) is 0 Å². The monoisotopic (exact) mass is 524 g/mol. The van der Waals surface area contributed by atoms with Crippen LogP contribution in [0.15, 0.2) is 81.8 Å². The van der Waals surface area contributed by atoms with E-state index < -0.39 is 29.2 Å². The van der Waals surface area contributed by atoms with E-state index in [-0.39, 0.29) is 13.1 Å². The molecular weight excluding hydrogens is 505 g/mol. The lowest BCUT2D eigenvalue weighted by Crippen LogP contribution is -2.34. The standard InChI is InChI=1S/C28H20ClF3N2O3/c1-16-4-9-24-21(11-16)26(17-5-7-18(29)8-6-17)25(37-24)15-34(14-20-3-2-10-36-20)28(35)33-27-22(31)12-19(30)13-23(27)32/h2-13H,14-15H2,1H3,(H,33,35). The lowest BCUT2D eigenvalue weighted by atomic mass is 10.0. The molecule has 3 aromatic carbocycles. The van der Waals surface area contributed by atoms with Gasteiger partial charge in [0.25, 0.3) is 0 Å². The van der Waals surface area contributed by atoms with Gasteiger partial charge in [0.05, 0.1) is 19.4 Å². The van der Waals surface area contributed by atoms with Crippen LogP contribution in [0.3, 0.4) is 0 Å². The number of nitrogens with one attached hydrogen (secondary N) is 1. The number of hydrogen-bond acceptors (Lipinski definition) is 3. The minimum Gasteiger partial charge on any atom is -0.467 e. The molecule has 0 aliphatic rings. The molecule has 0 aliphatic carbocycles. The number of aryl methyl sites for hydroxylation is 1. The third kappa shape index (κ3) is 5.20. The fourth-order valence-corrected chi connectivity index (χ4v) is 4.24. The number of carbonyl (C=O) groups is 1. The smallest absolute Gasteiger partial charge is 0.322 e. The molecule has 0 radical (unpaired) electrons. The van der Waals surface area contributed by atoms with Crippen LogP contribution in [-0.2, 0) is 13.1 Å². The van der Waals surface area contributed by atoms with Crippen molar-refractivity contribution in [2.45, 2.75) is 20.0 Å². The van der Waals surface area contributed by atoms with E-state index in [9.17, 15) is 18.0 Å². The Hall–Kier alpha value is -4.17. The van der Waals surface area contributed by atoms with Gasteiger partial charge in [0.2, 0.25) is 0 Å². The maximum absolute atomic E-state index is 14.3. The lowest BCUT2D eigenvalue weighted by Gasteiger charge is -2.22. The van der Waals surface area contributed by atoms with Gasteiger partial charge in [-0.15, -0.1) is 0 Å². The highest BCUT2D eigenvalue weighted by Gasteiger charge is 2.25. The number of urea groups is 1. The zero-order valence-corrected chi connectivity index (χ0v) is 20.3. The highest BCUT2D eigenvalue weighted by molar-refractivity contribution is 6.30. The Kier molecular flexibility index (Phi) is 6.67.